The molecule has 2 heterocycles. The average molecular weight is 424 g/mol. The molecule has 28 heavy (non-hydrogen) atoms. The van der Waals surface area contributed by atoms with Crippen LogP contribution in [0.2, 0.25) is 5.02 Å². The van der Waals surface area contributed by atoms with Gasteiger partial charge in [-0.2, -0.15) is 0 Å². The van der Waals surface area contributed by atoms with E-state index < -0.39 is 0 Å². The van der Waals surface area contributed by atoms with Crippen LogP contribution in [0.4, 0.5) is 4.39 Å². The summed E-state index contributed by atoms with van der Waals surface area (Å²) in [6.07, 6.45) is 4.99. The summed E-state index contributed by atoms with van der Waals surface area (Å²) in [5, 5.41) is 8.24. The number of aliphatic imine (C=N–C) groups is 1. The van der Waals surface area contributed by atoms with Crippen LogP contribution in [0.3, 0.4) is 0 Å². The number of nitrogens with one attached hydrogen (secondary N) is 2. The van der Waals surface area contributed by atoms with E-state index in [1.807, 2.05) is 6.20 Å². The molecule has 3 rings (SSSR count). The van der Waals surface area contributed by atoms with Crippen molar-refractivity contribution < 1.29 is 4.39 Å². The predicted molar refractivity (Wildman–Crippen MR) is 115 cm³/mol. The van der Waals surface area contributed by atoms with E-state index in [2.05, 4.69) is 32.4 Å². The first-order valence-corrected chi connectivity index (χ1v) is 10.8. The maximum Gasteiger partial charge on any atom is 0.191 e. The predicted octanol–water partition coefficient (Wildman–Crippen LogP) is 3.79. The fourth-order valence-corrected chi connectivity index (χ4v) is 4.59. The molecule has 2 N–H and O–H groups in total. The van der Waals surface area contributed by atoms with Gasteiger partial charge in [0.2, 0.25) is 0 Å². The molecular weight excluding hydrogens is 397 g/mol. The molecule has 2 aromatic rings. The first kappa shape index (κ1) is 21.0. The highest BCUT2D eigenvalue weighted by molar-refractivity contribution is 7.11. The zero-order chi connectivity index (χ0) is 19.9. The maximum absolute atomic E-state index is 14.6. The molecule has 5 nitrogen and oxygen atoms in total. The first-order valence-electron chi connectivity index (χ1n) is 9.62. The molecule has 0 bridgehead atoms. The third-order valence-corrected chi connectivity index (χ3v) is 6.20. The molecule has 152 valence electrons. The summed E-state index contributed by atoms with van der Waals surface area (Å²) in [5.41, 5.74) is 0.562. The lowest BCUT2D eigenvalue weighted by Gasteiger charge is -2.29. The number of rotatable bonds is 7. The third-order valence-electron chi connectivity index (χ3n) is 4.90. The molecule has 1 aliphatic rings. The van der Waals surface area contributed by atoms with Gasteiger partial charge in [0.05, 0.1) is 11.0 Å². The number of likely N-dealkylation sites (tertiary alicyclic amines) is 1. The van der Waals surface area contributed by atoms with E-state index in [4.69, 9.17) is 11.6 Å². The van der Waals surface area contributed by atoms with Gasteiger partial charge in [0.15, 0.2) is 5.96 Å². The molecule has 1 aliphatic heterocycles. The fourth-order valence-electron chi connectivity index (χ4n) is 3.51. The highest BCUT2D eigenvalue weighted by Gasteiger charge is 2.27. The molecular formula is C20H27ClFN5S. The maximum atomic E-state index is 14.6. The molecule has 0 spiro atoms. The summed E-state index contributed by atoms with van der Waals surface area (Å²) in [7, 11) is 1.74. The topological polar surface area (TPSA) is 52.6 Å². The number of hydrogen-bond acceptors (Lipinski definition) is 4. The Hall–Kier alpha value is -1.70. The molecule has 1 saturated heterocycles. The minimum atomic E-state index is -0.256. The van der Waals surface area contributed by atoms with Crippen molar-refractivity contribution in [1.82, 2.24) is 20.5 Å². The number of thiazole rings is 1. The Bertz CT molecular complexity index is 783. The highest BCUT2D eigenvalue weighted by atomic mass is 35.5. The van der Waals surface area contributed by atoms with Crippen molar-refractivity contribution in [2.45, 2.75) is 32.2 Å². The van der Waals surface area contributed by atoms with E-state index >= 15 is 0 Å². The minimum Gasteiger partial charge on any atom is -0.356 e. The largest absolute Gasteiger partial charge is 0.356 e. The molecule has 0 radical (unpaired) electrons. The van der Waals surface area contributed by atoms with Crippen molar-refractivity contribution in [3.05, 3.63) is 50.7 Å². The van der Waals surface area contributed by atoms with Crippen LogP contribution in [0.25, 0.3) is 0 Å². The van der Waals surface area contributed by atoms with Crippen LogP contribution in [0.5, 0.6) is 0 Å². The monoisotopic (exact) mass is 423 g/mol. The number of benzene rings is 1. The summed E-state index contributed by atoms with van der Waals surface area (Å²) in [4.78, 5) is 12.2. The van der Waals surface area contributed by atoms with Crippen molar-refractivity contribution in [3.63, 3.8) is 0 Å². The van der Waals surface area contributed by atoms with Crippen molar-refractivity contribution in [3.8, 4) is 0 Å². The van der Waals surface area contributed by atoms with Gasteiger partial charge in [-0.25, -0.2) is 9.37 Å². The van der Waals surface area contributed by atoms with E-state index in [9.17, 15) is 4.39 Å². The normalized spacial score (nSPS) is 16.4. The molecule has 1 fully saturated rings. The third kappa shape index (κ3) is 5.43. The Morgan fingerprint density at radius 3 is 2.79 bits per heavy atom. The number of aromatic nitrogens is 1. The lowest BCUT2D eigenvalue weighted by Crippen LogP contribution is -2.43. The molecule has 0 saturated carbocycles. The molecule has 1 aromatic carbocycles. The van der Waals surface area contributed by atoms with Crippen LogP contribution in [-0.4, -0.2) is 49.1 Å². The summed E-state index contributed by atoms with van der Waals surface area (Å²) >= 11 is 8.07. The lowest BCUT2D eigenvalue weighted by atomic mass is 10.0. The van der Waals surface area contributed by atoms with Crippen LogP contribution >= 0.6 is 22.9 Å². The Morgan fingerprint density at radius 2 is 2.14 bits per heavy atom. The van der Waals surface area contributed by atoms with Crippen LogP contribution < -0.4 is 10.6 Å². The van der Waals surface area contributed by atoms with Gasteiger partial charge in [-0.15, -0.1) is 11.3 Å². The van der Waals surface area contributed by atoms with Gasteiger partial charge in [-0.3, -0.25) is 9.89 Å². The second-order valence-corrected chi connectivity index (χ2v) is 8.62. The summed E-state index contributed by atoms with van der Waals surface area (Å²) in [5.74, 6) is 0.443. The standard InChI is InChI=1S/C20H27ClFN5S/c1-14-12-25-18(28-14)8-9-24-20(23-2)26-13-17(27-10-3-4-11-27)19-15(21)6-5-7-16(19)22/h5-7,12,17H,3-4,8-11,13H2,1-2H3,(H2,23,24,26). The Kier molecular flexibility index (Phi) is 7.65. The summed E-state index contributed by atoms with van der Waals surface area (Å²) in [6.45, 7) is 5.23. The van der Waals surface area contributed by atoms with Crippen LogP contribution in [0, 0.1) is 12.7 Å². The SMILES string of the molecule is CN=C(NCCc1ncc(C)s1)NCC(c1c(F)cccc1Cl)N1CCCC1. The van der Waals surface area contributed by atoms with E-state index in [0.29, 0.717) is 23.1 Å². The van der Waals surface area contributed by atoms with Gasteiger partial charge in [0.25, 0.3) is 0 Å². The highest BCUT2D eigenvalue weighted by Crippen LogP contribution is 2.31. The summed E-state index contributed by atoms with van der Waals surface area (Å²) in [6, 6.07) is 4.76. The lowest BCUT2D eigenvalue weighted by molar-refractivity contribution is 0.240. The van der Waals surface area contributed by atoms with E-state index in [-0.39, 0.29) is 11.9 Å². The van der Waals surface area contributed by atoms with Gasteiger partial charge >= 0.3 is 0 Å². The quantitative estimate of drug-likeness (QED) is 0.525. The summed E-state index contributed by atoms with van der Waals surface area (Å²) < 4.78 is 14.6. The molecule has 1 aromatic heterocycles. The number of halogens is 2. The molecule has 0 amide bonds. The van der Waals surface area contributed by atoms with Gasteiger partial charge in [-0.05, 0) is 45.0 Å². The number of nitrogens with zero attached hydrogens (tertiary/aromatic N) is 3. The zero-order valence-corrected chi connectivity index (χ0v) is 17.9. The van der Waals surface area contributed by atoms with Crippen LogP contribution in [0.1, 0.15) is 34.3 Å². The van der Waals surface area contributed by atoms with Gasteiger partial charge < -0.3 is 10.6 Å². The zero-order valence-electron chi connectivity index (χ0n) is 16.3. The van der Waals surface area contributed by atoms with E-state index in [0.717, 1.165) is 43.9 Å². The first-order chi connectivity index (χ1) is 13.6. The minimum absolute atomic E-state index is 0.128. The molecule has 8 heteroatoms. The Morgan fingerprint density at radius 1 is 1.36 bits per heavy atom. The second-order valence-electron chi connectivity index (χ2n) is 6.89. The second kappa shape index (κ2) is 10.2. The van der Waals surface area contributed by atoms with Gasteiger partial charge in [0.1, 0.15) is 5.82 Å². The smallest absolute Gasteiger partial charge is 0.191 e. The van der Waals surface area contributed by atoms with Crippen molar-refractivity contribution in [2.75, 3.05) is 33.2 Å². The van der Waals surface area contributed by atoms with E-state index in [1.54, 1.807) is 30.5 Å². The van der Waals surface area contributed by atoms with Crippen LogP contribution in [0.15, 0.2) is 29.4 Å². The molecule has 0 aliphatic carbocycles. The van der Waals surface area contributed by atoms with Crippen molar-refractivity contribution >= 4 is 28.9 Å². The number of guanidine groups is 1. The van der Waals surface area contributed by atoms with Gasteiger partial charge in [-0.1, -0.05) is 17.7 Å². The molecule has 1 unspecified atom stereocenters. The average Bonchev–Trinajstić information content (AvgIpc) is 3.34. The number of aryl methyl sites for hydroxylation is 1. The Balaban J connectivity index is 1.61. The van der Waals surface area contributed by atoms with Crippen molar-refractivity contribution in [2.24, 2.45) is 4.99 Å². The van der Waals surface area contributed by atoms with E-state index in [1.165, 1.54) is 10.9 Å². The van der Waals surface area contributed by atoms with Crippen LogP contribution in [-0.2, 0) is 6.42 Å². The number of hydrogen-bond donors (Lipinski definition) is 2. The fraction of sp³-hybridized carbons (Fsp3) is 0.500. The Labute approximate surface area is 175 Å². The van der Waals surface area contributed by atoms with Gasteiger partial charge in [0, 0.05) is 48.2 Å². The van der Waals surface area contributed by atoms with Crippen molar-refractivity contribution in [1.29, 1.82) is 0 Å². The molecule has 1 atom stereocenters.